The lowest BCUT2D eigenvalue weighted by atomic mass is 9.88. The third kappa shape index (κ3) is 4.75. The van der Waals surface area contributed by atoms with E-state index in [1.165, 1.54) is 18.9 Å². The molecule has 0 saturated carbocycles. The number of benzene rings is 3. The maximum atomic E-state index is 13.8. The monoisotopic (exact) mass is 472 g/mol. The number of ether oxygens (including phenoxy) is 2. The first-order chi connectivity index (χ1) is 17.0. The molecule has 1 aliphatic heterocycles. The number of fused-ring (bicyclic) bond motifs is 1. The van der Waals surface area contributed by atoms with Gasteiger partial charge in [-0.25, -0.2) is 4.79 Å². The van der Waals surface area contributed by atoms with Gasteiger partial charge in [-0.05, 0) is 48.9 Å². The predicted octanol–water partition coefficient (Wildman–Crippen LogP) is 4.77. The van der Waals surface area contributed by atoms with Crippen LogP contribution in [0.3, 0.4) is 0 Å². The lowest BCUT2D eigenvalue weighted by Crippen LogP contribution is -2.52. The summed E-state index contributed by atoms with van der Waals surface area (Å²) in [5.41, 5.74) is 2.45. The summed E-state index contributed by atoms with van der Waals surface area (Å²) in [6, 6.07) is 22.1. The second-order valence-electron chi connectivity index (χ2n) is 8.21. The Kier molecular flexibility index (Phi) is 7.15. The fraction of sp³-hybridized carbons (Fsp3) is 0.250. The van der Waals surface area contributed by atoms with Crippen molar-refractivity contribution in [2.75, 3.05) is 23.5 Å². The number of rotatable bonds is 6. The second kappa shape index (κ2) is 10.4. The van der Waals surface area contributed by atoms with Crippen LogP contribution < -0.4 is 14.5 Å². The number of carbonyl (C=O) groups is 3. The lowest BCUT2D eigenvalue weighted by Gasteiger charge is -2.43. The topological polar surface area (TPSA) is 76.2 Å². The van der Waals surface area contributed by atoms with Crippen LogP contribution in [0.2, 0.25) is 0 Å². The van der Waals surface area contributed by atoms with Crippen LogP contribution in [-0.4, -0.2) is 37.5 Å². The molecular formula is C28H28N2O5. The van der Waals surface area contributed by atoms with E-state index in [2.05, 4.69) is 0 Å². The van der Waals surface area contributed by atoms with E-state index in [9.17, 15) is 14.4 Å². The number of esters is 1. The van der Waals surface area contributed by atoms with Crippen molar-refractivity contribution < 1.29 is 23.9 Å². The fourth-order valence-corrected chi connectivity index (χ4v) is 4.60. The molecule has 7 nitrogen and oxygen atoms in total. The molecule has 1 heterocycles. The highest BCUT2D eigenvalue weighted by molar-refractivity contribution is 6.10. The van der Waals surface area contributed by atoms with Gasteiger partial charge in [0.15, 0.2) is 0 Å². The van der Waals surface area contributed by atoms with Crippen LogP contribution in [0.25, 0.3) is 0 Å². The number of hydrogen-bond donors (Lipinski definition) is 0. The molecule has 0 radical (unpaired) electrons. The largest absolute Gasteiger partial charge is 0.497 e. The maximum absolute atomic E-state index is 13.8. The molecule has 2 amide bonds. The zero-order valence-corrected chi connectivity index (χ0v) is 20.0. The van der Waals surface area contributed by atoms with Crippen LogP contribution in [0.5, 0.6) is 5.75 Å². The van der Waals surface area contributed by atoms with Crippen LogP contribution >= 0.6 is 0 Å². The second-order valence-corrected chi connectivity index (χ2v) is 8.21. The fourth-order valence-electron chi connectivity index (χ4n) is 4.60. The molecule has 0 saturated heterocycles. The lowest BCUT2D eigenvalue weighted by molar-refractivity contribution is -0.145. The van der Waals surface area contributed by atoms with E-state index in [1.807, 2.05) is 48.5 Å². The number of methoxy groups -OCH3 is 1. The molecule has 3 aromatic rings. The van der Waals surface area contributed by atoms with Gasteiger partial charge in [0.1, 0.15) is 11.8 Å². The molecular weight excluding hydrogens is 444 g/mol. The van der Waals surface area contributed by atoms with Gasteiger partial charge in [0, 0.05) is 24.6 Å². The molecule has 35 heavy (non-hydrogen) atoms. The minimum Gasteiger partial charge on any atom is -0.497 e. The molecule has 0 aromatic heterocycles. The summed E-state index contributed by atoms with van der Waals surface area (Å²) in [6.45, 7) is 3.41. The summed E-state index contributed by atoms with van der Waals surface area (Å²) < 4.78 is 10.7. The Morgan fingerprint density at radius 2 is 1.69 bits per heavy atom. The quantitative estimate of drug-likeness (QED) is 0.483. The predicted molar refractivity (Wildman–Crippen MR) is 134 cm³/mol. The van der Waals surface area contributed by atoms with Gasteiger partial charge >= 0.3 is 5.97 Å². The van der Waals surface area contributed by atoms with E-state index >= 15 is 0 Å². The highest BCUT2D eigenvalue weighted by Crippen LogP contribution is 2.43. The van der Waals surface area contributed by atoms with Gasteiger partial charge in [-0.3, -0.25) is 14.5 Å². The number of hydrogen-bond acceptors (Lipinski definition) is 5. The summed E-state index contributed by atoms with van der Waals surface area (Å²) in [6.07, 6.45) is 0.194. The average Bonchev–Trinajstić information content (AvgIpc) is 2.88. The molecule has 0 unspecified atom stereocenters. The van der Waals surface area contributed by atoms with Gasteiger partial charge in [0.05, 0.1) is 25.4 Å². The van der Waals surface area contributed by atoms with E-state index in [-0.39, 0.29) is 24.8 Å². The Morgan fingerprint density at radius 1 is 0.971 bits per heavy atom. The van der Waals surface area contributed by atoms with E-state index in [1.54, 1.807) is 42.2 Å². The number of nitrogens with zero attached hydrogens (tertiary/aromatic N) is 2. The molecule has 1 aliphatic rings. The van der Waals surface area contributed by atoms with E-state index in [4.69, 9.17) is 9.47 Å². The van der Waals surface area contributed by atoms with Crippen LogP contribution in [0.4, 0.5) is 11.4 Å². The molecule has 7 heteroatoms. The molecule has 0 fully saturated rings. The number of anilines is 2. The van der Waals surface area contributed by atoms with Crippen LogP contribution in [0.15, 0.2) is 78.9 Å². The molecule has 4 rings (SSSR count). The summed E-state index contributed by atoms with van der Waals surface area (Å²) >= 11 is 0. The number of carbonyl (C=O) groups excluding carboxylic acids is 3. The minimum atomic E-state index is -0.917. The zero-order valence-electron chi connectivity index (χ0n) is 20.0. The number of amides is 2. The molecule has 180 valence electrons. The molecule has 3 aromatic carbocycles. The van der Waals surface area contributed by atoms with Gasteiger partial charge in [0.2, 0.25) is 5.91 Å². The maximum Gasteiger partial charge on any atom is 0.329 e. The Balaban J connectivity index is 1.86. The first kappa shape index (κ1) is 24.0. The first-order valence-corrected chi connectivity index (χ1v) is 11.5. The van der Waals surface area contributed by atoms with Crippen molar-refractivity contribution in [1.82, 2.24) is 0 Å². The summed E-state index contributed by atoms with van der Waals surface area (Å²) in [5, 5.41) is 0. The van der Waals surface area contributed by atoms with E-state index in [0.717, 1.165) is 11.3 Å². The van der Waals surface area contributed by atoms with Crippen LogP contribution in [0, 0.1) is 0 Å². The third-order valence-electron chi connectivity index (χ3n) is 6.09. The van der Waals surface area contributed by atoms with Crippen molar-refractivity contribution in [2.24, 2.45) is 0 Å². The van der Waals surface area contributed by atoms with Crippen molar-refractivity contribution >= 4 is 29.2 Å². The number of para-hydroxylation sites is 2. The van der Waals surface area contributed by atoms with Crippen molar-refractivity contribution in [1.29, 1.82) is 0 Å². The van der Waals surface area contributed by atoms with Gasteiger partial charge < -0.3 is 14.4 Å². The molecule has 0 bridgehead atoms. The first-order valence-electron chi connectivity index (χ1n) is 11.5. The van der Waals surface area contributed by atoms with Crippen molar-refractivity contribution in [2.45, 2.75) is 32.4 Å². The van der Waals surface area contributed by atoms with E-state index in [0.29, 0.717) is 17.0 Å². The highest BCUT2D eigenvalue weighted by atomic mass is 16.5. The smallest absolute Gasteiger partial charge is 0.329 e. The van der Waals surface area contributed by atoms with Crippen molar-refractivity contribution in [3.05, 3.63) is 90.0 Å². The van der Waals surface area contributed by atoms with Gasteiger partial charge in [-0.1, -0.05) is 42.5 Å². The Morgan fingerprint density at radius 3 is 2.37 bits per heavy atom. The van der Waals surface area contributed by atoms with Gasteiger partial charge in [0.25, 0.3) is 5.91 Å². The van der Waals surface area contributed by atoms with Gasteiger partial charge in [-0.15, -0.1) is 0 Å². The van der Waals surface area contributed by atoms with Crippen molar-refractivity contribution in [3.8, 4) is 5.75 Å². The van der Waals surface area contributed by atoms with Crippen LogP contribution in [0.1, 0.15) is 42.2 Å². The Bertz CT molecular complexity index is 1230. The van der Waals surface area contributed by atoms with Gasteiger partial charge in [-0.2, -0.15) is 0 Å². The molecule has 0 spiro atoms. The normalized spacial score (nSPS) is 16.7. The van der Waals surface area contributed by atoms with Crippen LogP contribution in [-0.2, 0) is 14.3 Å². The zero-order chi connectivity index (χ0) is 24.9. The molecule has 0 aliphatic carbocycles. The summed E-state index contributed by atoms with van der Waals surface area (Å²) in [7, 11) is 1.53. The van der Waals surface area contributed by atoms with E-state index < -0.39 is 18.1 Å². The SMILES string of the molecule is CCOC(=O)[C@H]1C[C@@H](N(C(C)=O)c2ccccc2)c2ccccc2N1C(=O)c1cccc(OC)c1. The summed E-state index contributed by atoms with van der Waals surface area (Å²) in [5.74, 6) is -0.480. The molecule has 2 atom stereocenters. The van der Waals surface area contributed by atoms with Crippen molar-refractivity contribution in [3.63, 3.8) is 0 Å². The molecule has 0 N–H and O–H groups in total. The average molecular weight is 473 g/mol. The standard InChI is InChI=1S/C28H28N2O5/c1-4-35-28(33)26-18-25(29(19(2)31)21-12-6-5-7-13-21)23-15-8-9-16-24(23)30(26)27(32)20-11-10-14-22(17-20)34-3/h5-17,25-26H,4,18H2,1-3H3/t25-,26-/m1/s1. The minimum absolute atomic E-state index is 0.161. The third-order valence-corrected chi connectivity index (χ3v) is 6.09. The summed E-state index contributed by atoms with van der Waals surface area (Å²) in [4.78, 5) is 43.1. The Labute approximate surface area is 204 Å². The highest BCUT2D eigenvalue weighted by Gasteiger charge is 2.43. The Hall–Kier alpha value is -4.13.